The Kier molecular flexibility index (Phi) is 3.40. The number of nitrogens with zero attached hydrogens (tertiary/aromatic N) is 4. The molecule has 0 unspecified atom stereocenters. The van der Waals surface area contributed by atoms with E-state index in [9.17, 15) is 0 Å². The molecule has 0 bridgehead atoms. The van der Waals surface area contributed by atoms with Crippen molar-refractivity contribution in [1.29, 1.82) is 0 Å². The summed E-state index contributed by atoms with van der Waals surface area (Å²) in [7, 11) is 1.86. The minimum atomic E-state index is 0.518. The molecule has 0 saturated carbocycles. The van der Waals surface area contributed by atoms with Crippen LogP contribution in [0.4, 0.5) is 5.69 Å². The molecule has 0 spiro atoms. The molecule has 0 atom stereocenters. The van der Waals surface area contributed by atoms with Crippen molar-refractivity contribution in [3.05, 3.63) is 35.9 Å². The second kappa shape index (κ2) is 4.81. The summed E-state index contributed by atoms with van der Waals surface area (Å²) in [6.07, 6.45) is 5.09. The van der Waals surface area contributed by atoms with E-state index in [1.165, 1.54) is 0 Å². The molecule has 17 heavy (non-hydrogen) atoms. The predicted octanol–water partition coefficient (Wildman–Crippen LogP) is 2.70. The van der Waals surface area contributed by atoms with Gasteiger partial charge in [0, 0.05) is 13.2 Å². The molecule has 0 aliphatic rings. The van der Waals surface area contributed by atoms with Crippen LogP contribution in [0.15, 0.2) is 30.7 Å². The first-order valence-electron chi connectivity index (χ1n) is 4.99. The van der Waals surface area contributed by atoms with E-state index in [2.05, 4.69) is 10.1 Å². The summed E-state index contributed by atoms with van der Waals surface area (Å²) in [6, 6.07) is 3.72. The largest absolute Gasteiger partial charge is 0.336 e. The van der Waals surface area contributed by atoms with Crippen molar-refractivity contribution < 1.29 is 0 Å². The zero-order chi connectivity index (χ0) is 12.4. The quantitative estimate of drug-likeness (QED) is 0.783. The van der Waals surface area contributed by atoms with Crippen LogP contribution >= 0.6 is 23.8 Å². The van der Waals surface area contributed by atoms with Crippen LogP contribution in [0.1, 0.15) is 6.92 Å². The Morgan fingerprint density at radius 1 is 1.47 bits per heavy atom. The van der Waals surface area contributed by atoms with Crippen LogP contribution < -0.4 is 4.90 Å². The molecule has 2 aromatic rings. The van der Waals surface area contributed by atoms with Gasteiger partial charge in [-0.3, -0.25) is 4.98 Å². The van der Waals surface area contributed by atoms with Gasteiger partial charge < -0.3 is 4.90 Å². The van der Waals surface area contributed by atoms with Crippen LogP contribution in [0.5, 0.6) is 0 Å². The van der Waals surface area contributed by atoms with Crippen LogP contribution in [0.25, 0.3) is 5.69 Å². The van der Waals surface area contributed by atoms with Crippen molar-refractivity contribution in [1.82, 2.24) is 14.8 Å². The Hall–Kier alpha value is -1.46. The summed E-state index contributed by atoms with van der Waals surface area (Å²) >= 11 is 11.4. The molecule has 4 nitrogen and oxygen atoms in total. The summed E-state index contributed by atoms with van der Waals surface area (Å²) in [5.74, 6) is 0. The molecule has 0 N–H and O–H groups in total. The highest BCUT2D eigenvalue weighted by Crippen LogP contribution is 2.27. The fourth-order valence-corrected chi connectivity index (χ4v) is 1.79. The fraction of sp³-hybridized carbons (Fsp3) is 0.182. The molecule has 0 amide bonds. The van der Waals surface area contributed by atoms with E-state index >= 15 is 0 Å². The van der Waals surface area contributed by atoms with Gasteiger partial charge in [-0.15, -0.1) is 0 Å². The number of hydrogen-bond acceptors (Lipinski definition) is 3. The van der Waals surface area contributed by atoms with Crippen LogP contribution in [0, 0.1) is 0 Å². The van der Waals surface area contributed by atoms with E-state index in [1.54, 1.807) is 23.3 Å². The Balaban J connectivity index is 2.43. The van der Waals surface area contributed by atoms with Gasteiger partial charge in [0.15, 0.2) is 5.15 Å². The summed E-state index contributed by atoms with van der Waals surface area (Å²) in [6.45, 7) is 1.84. The standard InChI is InChI=1S/C11H11ClN4S/c1-8(17)15(2)10-7-14-16(11(10)12)9-4-3-5-13-6-9/h3-7H,1-2H3. The molecule has 0 aromatic carbocycles. The highest BCUT2D eigenvalue weighted by molar-refractivity contribution is 7.80. The topological polar surface area (TPSA) is 34.0 Å². The number of hydrogen-bond donors (Lipinski definition) is 0. The fourth-order valence-electron chi connectivity index (χ4n) is 1.38. The molecule has 2 heterocycles. The summed E-state index contributed by atoms with van der Waals surface area (Å²) in [5, 5.41) is 4.75. The Morgan fingerprint density at radius 3 is 2.82 bits per heavy atom. The molecule has 2 aromatic heterocycles. The van der Waals surface area contributed by atoms with Gasteiger partial charge in [0.05, 0.1) is 28.8 Å². The van der Waals surface area contributed by atoms with E-state index < -0.39 is 0 Å². The smallest absolute Gasteiger partial charge is 0.156 e. The van der Waals surface area contributed by atoms with E-state index in [1.807, 2.05) is 31.0 Å². The predicted molar refractivity (Wildman–Crippen MR) is 73.0 cm³/mol. The number of thiocarbonyl (C=S) groups is 1. The monoisotopic (exact) mass is 266 g/mol. The third kappa shape index (κ3) is 2.30. The first-order chi connectivity index (χ1) is 8.11. The number of rotatable bonds is 2. The molecule has 0 aliphatic heterocycles. The van der Waals surface area contributed by atoms with Gasteiger partial charge >= 0.3 is 0 Å². The van der Waals surface area contributed by atoms with Gasteiger partial charge in [-0.25, -0.2) is 4.68 Å². The van der Waals surface area contributed by atoms with Crippen molar-refractivity contribution in [2.24, 2.45) is 0 Å². The van der Waals surface area contributed by atoms with Crippen molar-refractivity contribution >= 4 is 34.5 Å². The lowest BCUT2D eigenvalue weighted by Crippen LogP contribution is -2.21. The van der Waals surface area contributed by atoms with E-state index in [0.29, 0.717) is 5.15 Å². The molecule has 88 valence electrons. The van der Waals surface area contributed by atoms with Gasteiger partial charge in [-0.05, 0) is 19.1 Å². The second-order valence-corrected chi connectivity index (χ2v) is 4.47. The summed E-state index contributed by atoms with van der Waals surface area (Å²) in [4.78, 5) is 6.58. The summed E-state index contributed by atoms with van der Waals surface area (Å²) in [5.41, 5.74) is 1.60. The van der Waals surface area contributed by atoms with Crippen molar-refractivity contribution in [3.63, 3.8) is 0 Å². The van der Waals surface area contributed by atoms with Crippen molar-refractivity contribution in [3.8, 4) is 5.69 Å². The third-order valence-corrected chi connectivity index (χ3v) is 3.04. The normalized spacial score (nSPS) is 10.3. The number of aromatic nitrogens is 3. The van der Waals surface area contributed by atoms with Gasteiger partial charge in [0.25, 0.3) is 0 Å². The minimum absolute atomic E-state index is 0.518. The minimum Gasteiger partial charge on any atom is -0.336 e. The Labute approximate surface area is 110 Å². The van der Waals surface area contributed by atoms with E-state index in [-0.39, 0.29) is 0 Å². The first-order valence-corrected chi connectivity index (χ1v) is 5.78. The summed E-state index contributed by atoms with van der Waals surface area (Å²) < 4.78 is 1.62. The van der Waals surface area contributed by atoms with Crippen LogP contribution in [-0.2, 0) is 0 Å². The molecule has 0 saturated heterocycles. The van der Waals surface area contributed by atoms with Gasteiger partial charge in [-0.1, -0.05) is 23.8 Å². The molecule has 0 radical (unpaired) electrons. The van der Waals surface area contributed by atoms with E-state index in [4.69, 9.17) is 23.8 Å². The number of halogens is 1. The van der Waals surface area contributed by atoms with E-state index in [0.717, 1.165) is 16.4 Å². The molecule has 0 fully saturated rings. The molecular formula is C11H11ClN4S. The zero-order valence-electron chi connectivity index (χ0n) is 9.46. The Morgan fingerprint density at radius 2 is 2.24 bits per heavy atom. The lowest BCUT2D eigenvalue weighted by atomic mass is 10.4. The maximum Gasteiger partial charge on any atom is 0.156 e. The van der Waals surface area contributed by atoms with Gasteiger partial charge in [-0.2, -0.15) is 5.10 Å². The van der Waals surface area contributed by atoms with Crippen LogP contribution in [0.2, 0.25) is 5.15 Å². The zero-order valence-corrected chi connectivity index (χ0v) is 11.0. The third-order valence-electron chi connectivity index (χ3n) is 2.42. The van der Waals surface area contributed by atoms with Gasteiger partial charge in [0.1, 0.15) is 0 Å². The molecule has 2 rings (SSSR count). The number of anilines is 1. The first kappa shape index (κ1) is 12.0. The SMILES string of the molecule is CC(=S)N(C)c1cnn(-c2cccnc2)c1Cl. The average molecular weight is 267 g/mol. The van der Waals surface area contributed by atoms with Gasteiger partial charge in [0.2, 0.25) is 0 Å². The average Bonchev–Trinajstić information content (AvgIpc) is 2.71. The molecule has 6 heteroatoms. The molecular weight excluding hydrogens is 256 g/mol. The highest BCUT2D eigenvalue weighted by atomic mass is 35.5. The maximum atomic E-state index is 6.27. The maximum absolute atomic E-state index is 6.27. The Bertz CT molecular complexity index is 538. The van der Waals surface area contributed by atoms with Crippen LogP contribution in [-0.4, -0.2) is 26.8 Å². The second-order valence-electron chi connectivity index (χ2n) is 3.52. The number of pyridine rings is 1. The van der Waals surface area contributed by atoms with Crippen molar-refractivity contribution in [2.75, 3.05) is 11.9 Å². The lowest BCUT2D eigenvalue weighted by Gasteiger charge is -2.15. The lowest BCUT2D eigenvalue weighted by molar-refractivity contribution is 0.874. The van der Waals surface area contributed by atoms with Crippen molar-refractivity contribution in [2.45, 2.75) is 6.92 Å². The van der Waals surface area contributed by atoms with Crippen LogP contribution in [0.3, 0.4) is 0 Å². The molecule has 0 aliphatic carbocycles. The highest BCUT2D eigenvalue weighted by Gasteiger charge is 2.14.